The van der Waals surface area contributed by atoms with E-state index in [1.165, 1.54) is 4.57 Å². The smallest absolute Gasteiger partial charge is 0.237 e. The molecule has 1 heterocycles. The molecule has 0 fully saturated rings. The molecule has 2 rings (SSSR count). The summed E-state index contributed by atoms with van der Waals surface area (Å²) in [6, 6.07) is 5.25. The first-order chi connectivity index (χ1) is 7.09. The van der Waals surface area contributed by atoms with Crippen molar-refractivity contribution in [3.8, 4) is 0 Å². The quantitative estimate of drug-likeness (QED) is 0.790. The van der Waals surface area contributed by atoms with E-state index >= 15 is 0 Å². The van der Waals surface area contributed by atoms with Gasteiger partial charge in [-0.25, -0.2) is 4.98 Å². The molecule has 0 spiro atoms. The minimum atomic E-state index is -0.485. The molecule has 0 saturated carbocycles. The third-order valence-electron chi connectivity index (χ3n) is 2.06. The number of hydrogen-bond donors (Lipinski definition) is 2. The van der Waals surface area contributed by atoms with Crippen molar-refractivity contribution in [2.75, 3.05) is 5.73 Å². The average molecular weight is 225 g/mol. The molecule has 1 amide bonds. The number of anilines is 1. The second-order valence-electron chi connectivity index (χ2n) is 3.13. The van der Waals surface area contributed by atoms with Gasteiger partial charge in [-0.05, 0) is 12.1 Å². The first kappa shape index (κ1) is 9.79. The fourth-order valence-corrected chi connectivity index (χ4v) is 1.75. The normalized spacial score (nSPS) is 10.7. The van der Waals surface area contributed by atoms with Crippen molar-refractivity contribution in [1.29, 1.82) is 0 Å². The molecule has 0 saturated heterocycles. The van der Waals surface area contributed by atoms with Gasteiger partial charge >= 0.3 is 0 Å². The van der Waals surface area contributed by atoms with Gasteiger partial charge in [0, 0.05) is 0 Å². The highest BCUT2D eigenvalue weighted by atomic mass is 35.5. The van der Waals surface area contributed by atoms with Crippen molar-refractivity contribution in [3.05, 3.63) is 23.2 Å². The van der Waals surface area contributed by atoms with Gasteiger partial charge in [0.05, 0.1) is 16.1 Å². The highest BCUT2D eigenvalue weighted by molar-refractivity contribution is 6.35. The number of nitrogens with zero attached hydrogens (tertiary/aromatic N) is 2. The fourth-order valence-electron chi connectivity index (χ4n) is 1.48. The number of carbonyl (C=O) groups is 1. The van der Waals surface area contributed by atoms with Crippen LogP contribution in [-0.4, -0.2) is 15.5 Å². The van der Waals surface area contributed by atoms with E-state index in [0.29, 0.717) is 16.1 Å². The molecule has 0 radical (unpaired) electrons. The molecule has 78 valence electrons. The standard InChI is InChI=1S/C9H9ClN4O/c10-5-2-1-3-6-8(5)14(4-7(11)15)9(12)13-6/h1-3H,4H2,(H2,11,15)(H2,12,13). The largest absolute Gasteiger partial charge is 0.369 e. The number of carbonyl (C=O) groups excluding carboxylic acids is 1. The number of nitrogen functional groups attached to an aromatic ring is 1. The summed E-state index contributed by atoms with van der Waals surface area (Å²) in [6.45, 7) is -0.0218. The van der Waals surface area contributed by atoms with Crippen LogP contribution in [0, 0.1) is 0 Å². The van der Waals surface area contributed by atoms with Crippen LogP contribution in [0.2, 0.25) is 5.02 Å². The number of fused-ring (bicyclic) bond motifs is 1. The summed E-state index contributed by atoms with van der Waals surface area (Å²) in [5.41, 5.74) is 12.1. The van der Waals surface area contributed by atoms with Crippen LogP contribution in [-0.2, 0) is 11.3 Å². The summed E-state index contributed by atoms with van der Waals surface area (Å²) >= 11 is 5.99. The Morgan fingerprint density at radius 2 is 2.27 bits per heavy atom. The predicted octanol–water partition coefficient (Wildman–Crippen LogP) is 0.757. The molecule has 1 aromatic carbocycles. The Hall–Kier alpha value is -1.75. The van der Waals surface area contributed by atoms with Gasteiger partial charge in [0.15, 0.2) is 0 Å². The van der Waals surface area contributed by atoms with Gasteiger partial charge in [-0.3, -0.25) is 9.36 Å². The molecule has 2 aromatic rings. The summed E-state index contributed by atoms with van der Waals surface area (Å²) in [5.74, 6) is -0.252. The van der Waals surface area contributed by atoms with Crippen LogP contribution in [0.25, 0.3) is 11.0 Å². The first-order valence-corrected chi connectivity index (χ1v) is 4.66. The van der Waals surface area contributed by atoms with E-state index in [2.05, 4.69) is 4.98 Å². The van der Waals surface area contributed by atoms with Gasteiger partial charge in [0.1, 0.15) is 6.54 Å². The van der Waals surface area contributed by atoms with E-state index in [1.807, 2.05) is 0 Å². The number of nitrogens with two attached hydrogens (primary N) is 2. The average Bonchev–Trinajstić information content (AvgIpc) is 2.43. The number of amides is 1. The van der Waals surface area contributed by atoms with Crippen molar-refractivity contribution in [2.45, 2.75) is 6.54 Å². The van der Waals surface area contributed by atoms with E-state index in [0.717, 1.165) is 0 Å². The van der Waals surface area contributed by atoms with Crippen LogP contribution in [0.15, 0.2) is 18.2 Å². The minimum Gasteiger partial charge on any atom is -0.369 e. The van der Waals surface area contributed by atoms with Gasteiger partial charge in [-0.2, -0.15) is 0 Å². The lowest BCUT2D eigenvalue weighted by Crippen LogP contribution is -2.19. The van der Waals surface area contributed by atoms with Gasteiger partial charge < -0.3 is 11.5 Å². The van der Waals surface area contributed by atoms with Crippen molar-refractivity contribution < 1.29 is 4.79 Å². The molecule has 15 heavy (non-hydrogen) atoms. The van der Waals surface area contributed by atoms with Gasteiger partial charge in [0.2, 0.25) is 11.9 Å². The Morgan fingerprint density at radius 3 is 2.93 bits per heavy atom. The molecule has 0 bridgehead atoms. The number of benzene rings is 1. The van der Waals surface area contributed by atoms with E-state index in [-0.39, 0.29) is 12.5 Å². The summed E-state index contributed by atoms with van der Waals surface area (Å²) in [7, 11) is 0. The van der Waals surface area contributed by atoms with E-state index in [1.54, 1.807) is 18.2 Å². The maximum atomic E-state index is 10.8. The van der Waals surface area contributed by atoms with Crippen LogP contribution in [0.4, 0.5) is 5.95 Å². The Labute approximate surface area is 90.6 Å². The number of rotatable bonds is 2. The van der Waals surface area contributed by atoms with Crippen molar-refractivity contribution >= 4 is 34.5 Å². The highest BCUT2D eigenvalue weighted by Crippen LogP contribution is 2.25. The number of hydrogen-bond acceptors (Lipinski definition) is 3. The molecule has 0 unspecified atom stereocenters. The molecule has 5 nitrogen and oxygen atoms in total. The number of primary amides is 1. The lowest BCUT2D eigenvalue weighted by atomic mass is 10.3. The molecule has 0 aliphatic carbocycles. The Bertz CT molecular complexity index is 534. The summed E-state index contributed by atoms with van der Waals surface area (Å²) in [4.78, 5) is 14.9. The van der Waals surface area contributed by atoms with Crippen LogP contribution in [0.3, 0.4) is 0 Å². The number of aromatic nitrogens is 2. The molecule has 4 N–H and O–H groups in total. The fraction of sp³-hybridized carbons (Fsp3) is 0.111. The summed E-state index contributed by atoms with van der Waals surface area (Å²) in [5, 5.41) is 0.498. The lowest BCUT2D eigenvalue weighted by molar-refractivity contribution is -0.118. The molecular weight excluding hydrogens is 216 g/mol. The van der Waals surface area contributed by atoms with Crippen LogP contribution < -0.4 is 11.5 Å². The summed E-state index contributed by atoms with van der Waals surface area (Å²) in [6.07, 6.45) is 0. The number of imidazole rings is 1. The molecule has 0 aliphatic heterocycles. The number of para-hydroxylation sites is 1. The maximum Gasteiger partial charge on any atom is 0.237 e. The highest BCUT2D eigenvalue weighted by Gasteiger charge is 2.12. The SMILES string of the molecule is NC(=O)Cn1c(N)nc2cccc(Cl)c21. The minimum absolute atomic E-state index is 0.0218. The van der Waals surface area contributed by atoms with E-state index in [4.69, 9.17) is 23.1 Å². The first-order valence-electron chi connectivity index (χ1n) is 4.28. The van der Waals surface area contributed by atoms with Gasteiger partial charge in [-0.15, -0.1) is 0 Å². The van der Waals surface area contributed by atoms with Crippen LogP contribution >= 0.6 is 11.6 Å². The second-order valence-corrected chi connectivity index (χ2v) is 3.54. The van der Waals surface area contributed by atoms with E-state index in [9.17, 15) is 4.79 Å². The van der Waals surface area contributed by atoms with Crippen molar-refractivity contribution in [3.63, 3.8) is 0 Å². The third-order valence-corrected chi connectivity index (χ3v) is 2.37. The monoisotopic (exact) mass is 224 g/mol. The Kier molecular flexibility index (Phi) is 2.24. The topological polar surface area (TPSA) is 86.9 Å². The van der Waals surface area contributed by atoms with Gasteiger partial charge in [0.25, 0.3) is 0 Å². The molecule has 1 aromatic heterocycles. The zero-order chi connectivity index (χ0) is 11.0. The maximum absolute atomic E-state index is 10.8. The van der Waals surface area contributed by atoms with Crippen molar-refractivity contribution in [1.82, 2.24) is 9.55 Å². The molecular formula is C9H9ClN4O. The Morgan fingerprint density at radius 1 is 1.53 bits per heavy atom. The molecule has 0 atom stereocenters. The lowest BCUT2D eigenvalue weighted by Gasteiger charge is -2.03. The molecule has 0 aliphatic rings. The zero-order valence-electron chi connectivity index (χ0n) is 7.77. The van der Waals surface area contributed by atoms with Crippen molar-refractivity contribution in [2.24, 2.45) is 5.73 Å². The molecule has 6 heteroatoms. The van der Waals surface area contributed by atoms with Crippen LogP contribution in [0.1, 0.15) is 0 Å². The zero-order valence-corrected chi connectivity index (χ0v) is 8.53. The summed E-state index contributed by atoms with van der Waals surface area (Å²) < 4.78 is 1.50. The number of halogens is 1. The Balaban J connectivity index is 2.71. The van der Waals surface area contributed by atoms with Crippen LogP contribution in [0.5, 0.6) is 0 Å². The predicted molar refractivity (Wildman–Crippen MR) is 58.3 cm³/mol. The van der Waals surface area contributed by atoms with E-state index < -0.39 is 5.91 Å². The third kappa shape index (κ3) is 1.61. The second kappa shape index (κ2) is 3.43. The van der Waals surface area contributed by atoms with Gasteiger partial charge in [-0.1, -0.05) is 17.7 Å².